The van der Waals surface area contributed by atoms with Crippen molar-refractivity contribution in [1.82, 2.24) is 4.90 Å². The van der Waals surface area contributed by atoms with Gasteiger partial charge in [-0.1, -0.05) is 18.2 Å². The number of carbonyl (C=O) groups is 1. The second-order valence-electron chi connectivity index (χ2n) is 5.88. The summed E-state index contributed by atoms with van der Waals surface area (Å²) in [6.45, 7) is 2.61. The minimum absolute atomic E-state index is 0.0342. The number of aliphatic hydroxyl groups is 1. The highest BCUT2D eigenvalue weighted by molar-refractivity contribution is 5.95. The van der Waals surface area contributed by atoms with Gasteiger partial charge in [-0.3, -0.25) is 4.79 Å². The van der Waals surface area contributed by atoms with E-state index in [4.69, 9.17) is 4.74 Å². The monoisotopic (exact) mass is 275 g/mol. The van der Waals surface area contributed by atoms with Crippen LogP contribution in [0.1, 0.15) is 43.0 Å². The first kappa shape index (κ1) is 13.6. The van der Waals surface area contributed by atoms with E-state index in [0.717, 1.165) is 12.8 Å². The van der Waals surface area contributed by atoms with Gasteiger partial charge in [0.2, 0.25) is 0 Å². The highest BCUT2D eigenvalue weighted by atomic mass is 16.5. The van der Waals surface area contributed by atoms with Crippen LogP contribution in [-0.2, 0) is 4.74 Å². The molecule has 4 heteroatoms. The number of hydrogen-bond donors (Lipinski definition) is 1. The average Bonchev–Trinajstić information content (AvgIpc) is 2.80. The Morgan fingerprint density at radius 2 is 1.95 bits per heavy atom. The Kier molecular flexibility index (Phi) is 3.52. The molecule has 0 aromatic heterocycles. The van der Waals surface area contributed by atoms with Crippen LogP contribution in [-0.4, -0.2) is 40.4 Å². The Labute approximate surface area is 119 Å². The summed E-state index contributed by atoms with van der Waals surface area (Å²) in [5, 5.41) is 9.70. The van der Waals surface area contributed by atoms with Gasteiger partial charge in [-0.2, -0.15) is 0 Å². The maximum Gasteiger partial charge on any atom is 0.256 e. The van der Waals surface area contributed by atoms with E-state index in [0.29, 0.717) is 25.0 Å². The molecule has 1 N–H and O–H groups in total. The summed E-state index contributed by atoms with van der Waals surface area (Å²) >= 11 is 0. The Hall–Kier alpha value is -1.39. The topological polar surface area (TPSA) is 49.8 Å². The Morgan fingerprint density at radius 3 is 2.60 bits per heavy atom. The first-order valence-corrected chi connectivity index (χ1v) is 7.33. The number of aliphatic hydroxyl groups excluding tert-OH is 1. The van der Waals surface area contributed by atoms with E-state index in [1.807, 2.05) is 42.2 Å². The normalized spacial score (nSPS) is 33.6. The molecule has 1 spiro atoms. The molecule has 1 saturated heterocycles. The molecule has 2 aliphatic rings. The SMILES string of the molecule is C[C@@H]1COC2(CCC(O)CC2)N1C(=O)c1ccccc1. The lowest BCUT2D eigenvalue weighted by molar-refractivity contribution is -0.111. The molecule has 1 amide bonds. The number of rotatable bonds is 1. The van der Waals surface area contributed by atoms with Crippen LogP contribution < -0.4 is 0 Å². The molecule has 0 unspecified atom stereocenters. The van der Waals surface area contributed by atoms with Gasteiger partial charge in [-0.05, 0) is 44.7 Å². The van der Waals surface area contributed by atoms with E-state index < -0.39 is 5.72 Å². The van der Waals surface area contributed by atoms with Gasteiger partial charge in [0, 0.05) is 5.56 Å². The highest BCUT2D eigenvalue weighted by Gasteiger charge is 2.50. The van der Waals surface area contributed by atoms with Crippen LogP contribution >= 0.6 is 0 Å². The van der Waals surface area contributed by atoms with Gasteiger partial charge in [0.25, 0.3) is 5.91 Å². The maximum atomic E-state index is 12.8. The highest BCUT2D eigenvalue weighted by Crippen LogP contribution is 2.41. The zero-order chi connectivity index (χ0) is 14.2. The zero-order valence-electron chi connectivity index (χ0n) is 11.8. The minimum Gasteiger partial charge on any atom is -0.393 e. The summed E-state index contributed by atoms with van der Waals surface area (Å²) < 4.78 is 5.99. The number of carbonyl (C=O) groups excluding carboxylic acids is 1. The largest absolute Gasteiger partial charge is 0.393 e. The van der Waals surface area contributed by atoms with Gasteiger partial charge >= 0.3 is 0 Å². The fraction of sp³-hybridized carbons (Fsp3) is 0.562. The first-order valence-electron chi connectivity index (χ1n) is 7.33. The van der Waals surface area contributed by atoms with E-state index in [-0.39, 0.29) is 18.1 Å². The number of amides is 1. The molecule has 4 nitrogen and oxygen atoms in total. The van der Waals surface area contributed by atoms with Crippen molar-refractivity contribution in [1.29, 1.82) is 0 Å². The molecule has 3 rings (SSSR count). The van der Waals surface area contributed by atoms with Crippen molar-refractivity contribution in [2.45, 2.75) is 50.5 Å². The Bertz CT molecular complexity index is 480. The van der Waals surface area contributed by atoms with Crippen molar-refractivity contribution in [3.63, 3.8) is 0 Å². The first-order chi connectivity index (χ1) is 9.62. The van der Waals surface area contributed by atoms with Crippen LogP contribution in [0.15, 0.2) is 30.3 Å². The van der Waals surface area contributed by atoms with E-state index in [1.165, 1.54) is 0 Å². The summed E-state index contributed by atoms with van der Waals surface area (Å²) in [7, 11) is 0. The van der Waals surface area contributed by atoms with Gasteiger partial charge in [-0.15, -0.1) is 0 Å². The predicted octanol–water partition coefficient (Wildman–Crippen LogP) is 2.18. The lowest BCUT2D eigenvalue weighted by Crippen LogP contribution is -2.53. The van der Waals surface area contributed by atoms with Crippen molar-refractivity contribution in [3.05, 3.63) is 35.9 Å². The third-order valence-corrected chi connectivity index (χ3v) is 4.45. The summed E-state index contributed by atoms with van der Waals surface area (Å²) in [5.41, 5.74) is 0.196. The van der Waals surface area contributed by atoms with Crippen molar-refractivity contribution >= 4 is 5.91 Å². The molecule has 1 atom stereocenters. The number of hydrogen-bond acceptors (Lipinski definition) is 3. The van der Waals surface area contributed by atoms with Gasteiger partial charge < -0.3 is 14.7 Å². The summed E-state index contributed by atoms with van der Waals surface area (Å²) in [5.74, 6) is 0.0342. The molecule has 1 saturated carbocycles. The predicted molar refractivity (Wildman–Crippen MR) is 75.2 cm³/mol. The minimum atomic E-state index is -0.508. The van der Waals surface area contributed by atoms with Crippen molar-refractivity contribution in [2.24, 2.45) is 0 Å². The third-order valence-electron chi connectivity index (χ3n) is 4.45. The standard InChI is InChI=1S/C16H21NO3/c1-12-11-20-16(9-7-14(18)8-10-16)17(12)15(19)13-5-3-2-4-6-13/h2-6,12,14,18H,7-11H2,1H3/t12-,14?,16?/m1/s1. The molecule has 1 aromatic carbocycles. The molecule has 2 fully saturated rings. The molecule has 0 bridgehead atoms. The van der Waals surface area contributed by atoms with E-state index in [1.54, 1.807) is 0 Å². The second kappa shape index (κ2) is 5.19. The van der Waals surface area contributed by atoms with Crippen LogP contribution in [0.2, 0.25) is 0 Å². The average molecular weight is 275 g/mol. The molecular weight excluding hydrogens is 254 g/mol. The van der Waals surface area contributed by atoms with Crippen molar-refractivity contribution < 1.29 is 14.6 Å². The van der Waals surface area contributed by atoms with Crippen LogP contribution in [0.5, 0.6) is 0 Å². The molecule has 108 valence electrons. The second-order valence-corrected chi connectivity index (χ2v) is 5.88. The lowest BCUT2D eigenvalue weighted by Gasteiger charge is -2.42. The van der Waals surface area contributed by atoms with Gasteiger partial charge in [0.1, 0.15) is 5.72 Å². The van der Waals surface area contributed by atoms with Crippen LogP contribution in [0, 0.1) is 0 Å². The van der Waals surface area contributed by atoms with Gasteiger partial charge in [0.05, 0.1) is 18.8 Å². The lowest BCUT2D eigenvalue weighted by atomic mass is 9.88. The molecule has 20 heavy (non-hydrogen) atoms. The number of ether oxygens (including phenoxy) is 1. The fourth-order valence-electron chi connectivity index (χ4n) is 3.37. The number of benzene rings is 1. The van der Waals surface area contributed by atoms with E-state index in [9.17, 15) is 9.90 Å². The molecule has 1 aromatic rings. The Balaban J connectivity index is 1.87. The van der Waals surface area contributed by atoms with Crippen LogP contribution in [0.25, 0.3) is 0 Å². The van der Waals surface area contributed by atoms with Crippen LogP contribution in [0.3, 0.4) is 0 Å². The summed E-state index contributed by atoms with van der Waals surface area (Å²) in [6.07, 6.45) is 2.58. The van der Waals surface area contributed by atoms with E-state index >= 15 is 0 Å². The van der Waals surface area contributed by atoms with Crippen molar-refractivity contribution in [2.75, 3.05) is 6.61 Å². The quantitative estimate of drug-likeness (QED) is 0.854. The van der Waals surface area contributed by atoms with Crippen molar-refractivity contribution in [3.8, 4) is 0 Å². The maximum absolute atomic E-state index is 12.8. The van der Waals surface area contributed by atoms with Gasteiger partial charge in [0.15, 0.2) is 0 Å². The summed E-state index contributed by atoms with van der Waals surface area (Å²) in [6, 6.07) is 9.45. The van der Waals surface area contributed by atoms with E-state index in [2.05, 4.69) is 0 Å². The molecule has 1 aliphatic heterocycles. The molecule has 0 radical (unpaired) electrons. The number of nitrogens with zero attached hydrogens (tertiary/aromatic N) is 1. The third kappa shape index (κ3) is 2.23. The van der Waals surface area contributed by atoms with Gasteiger partial charge in [-0.25, -0.2) is 0 Å². The summed E-state index contributed by atoms with van der Waals surface area (Å²) in [4.78, 5) is 14.7. The smallest absolute Gasteiger partial charge is 0.256 e. The molecule has 1 aliphatic carbocycles. The Morgan fingerprint density at radius 1 is 1.30 bits per heavy atom. The fourth-order valence-corrected chi connectivity index (χ4v) is 3.37. The molecular formula is C16H21NO3. The van der Waals surface area contributed by atoms with Crippen LogP contribution in [0.4, 0.5) is 0 Å². The molecule has 1 heterocycles. The zero-order valence-corrected chi connectivity index (χ0v) is 11.8.